The number of carbonyl (C=O) groups excluding carboxylic acids is 1. The maximum atomic E-state index is 11.6. The molecule has 0 saturated carbocycles. The molecule has 0 aliphatic carbocycles. The van der Waals surface area contributed by atoms with E-state index < -0.39 is 6.04 Å². The summed E-state index contributed by atoms with van der Waals surface area (Å²) in [7, 11) is 0. The van der Waals surface area contributed by atoms with Crippen LogP contribution in [-0.4, -0.2) is 25.2 Å². The fraction of sp³-hybridized carbons (Fsp3) is 0.533. The molecular formula is C15H22N2O2. The molecule has 2 unspecified atom stereocenters. The van der Waals surface area contributed by atoms with Crippen molar-refractivity contribution in [1.82, 2.24) is 5.32 Å². The third-order valence-corrected chi connectivity index (χ3v) is 3.72. The topological polar surface area (TPSA) is 64.3 Å². The Morgan fingerprint density at radius 1 is 1.47 bits per heavy atom. The summed E-state index contributed by atoms with van der Waals surface area (Å²) < 4.78 is 5.55. The molecule has 1 aromatic rings. The Labute approximate surface area is 114 Å². The van der Waals surface area contributed by atoms with Gasteiger partial charge in [0.15, 0.2) is 0 Å². The summed E-state index contributed by atoms with van der Waals surface area (Å²) in [4.78, 5) is 11.6. The number of nitrogens with two attached hydrogens (primary N) is 1. The average Bonchev–Trinajstić information content (AvgIpc) is 2.86. The van der Waals surface area contributed by atoms with E-state index in [4.69, 9.17) is 10.5 Å². The quantitative estimate of drug-likeness (QED) is 0.847. The van der Waals surface area contributed by atoms with Gasteiger partial charge in [0, 0.05) is 13.2 Å². The van der Waals surface area contributed by atoms with E-state index in [-0.39, 0.29) is 12.0 Å². The van der Waals surface area contributed by atoms with E-state index in [1.165, 1.54) is 11.1 Å². The van der Waals surface area contributed by atoms with Crippen molar-refractivity contribution in [2.75, 3.05) is 13.2 Å². The average molecular weight is 262 g/mol. The molecule has 1 fully saturated rings. The van der Waals surface area contributed by atoms with Gasteiger partial charge in [-0.1, -0.05) is 18.2 Å². The largest absolute Gasteiger partial charge is 0.377 e. The Hall–Kier alpha value is -1.39. The Morgan fingerprint density at radius 2 is 2.26 bits per heavy atom. The van der Waals surface area contributed by atoms with Crippen LogP contribution in [0.2, 0.25) is 0 Å². The second kappa shape index (κ2) is 6.17. The molecule has 0 radical (unpaired) electrons. The molecule has 1 aliphatic rings. The van der Waals surface area contributed by atoms with Crippen molar-refractivity contribution in [2.45, 2.75) is 38.8 Å². The van der Waals surface area contributed by atoms with Crippen LogP contribution in [0.3, 0.4) is 0 Å². The first kappa shape index (κ1) is 14.0. The van der Waals surface area contributed by atoms with Crippen molar-refractivity contribution < 1.29 is 9.53 Å². The summed E-state index contributed by atoms with van der Waals surface area (Å²) in [5.74, 6) is -0.346. The van der Waals surface area contributed by atoms with Crippen LogP contribution in [0.15, 0.2) is 18.2 Å². The molecular weight excluding hydrogens is 240 g/mol. The molecule has 3 N–H and O–H groups in total. The number of carbonyl (C=O) groups is 1. The van der Waals surface area contributed by atoms with Gasteiger partial charge in [0.2, 0.25) is 5.91 Å². The fourth-order valence-electron chi connectivity index (χ4n) is 2.38. The highest BCUT2D eigenvalue weighted by molar-refractivity contribution is 5.81. The molecule has 104 valence electrons. The number of ether oxygens (including phenoxy) is 1. The molecule has 4 heteroatoms. The van der Waals surface area contributed by atoms with Gasteiger partial charge in [-0.15, -0.1) is 0 Å². The molecule has 0 spiro atoms. The summed E-state index contributed by atoms with van der Waals surface area (Å²) in [6.45, 7) is 5.58. The van der Waals surface area contributed by atoms with Crippen LogP contribution in [0.25, 0.3) is 0 Å². The zero-order valence-electron chi connectivity index (χ0n) is 11.6. The van der Waals surface area contributed by atoms with E-state index in [0.717, 1.165) is 25.0 Å². The monoisotopic (exact) mass is 262 g/mol. The first-order valence-corrected chi connectivity index (χ1v) is 6.79. The predicted molar refractivity (Wildman–Crippen MR) is 74.8 cm³/mol. The van der Waals surface area contributed by atoms with Crippen LogP contribution in [-0.2, 0) is 9.53 Å². The standard InChI is InChI=1S/C15H22N2O2/c1-10-5-6-12(8-11(10)2)14(15(16)18)17-9-13-4-3-7-19-13/h5-6,8,13-14,17H,3-4,7,9H2,1-2H3,(H2,16,18). The number of primary amides is 1. The highest BCUT2D eigenvalue weighted by Gasteiger charge is 2.21. The van der Waals surface area contributed by atoms with Crippen LogP contribution in [0.4, 0.5) is 0 Å². The number of nitrogens with one attached hydrogen (secondary N) is 1. The van der Waals surface area contributed by atoms with Gasteiger partial charge in [0.25, 0.3) is 0 Å². The van der Waals surface area contributed by atoms with E-state index in [2.05, 4.69) is 12.2 Å². The third-order valence-electron chi connectivity index (χ3n) is 3.72. The van der Waals surface area contributed by atoms with Crippen LogP contribution < -0.4 is 11.1 Å². The van der Waals surface area contributed by atoms with Crippen molar-refractivity contribution in [3.63, 3.8) is 0 Å². The van der Waals surface area contributed by atoms with Gasteiger partial charge >= 0.3 is 0 Å². The van der Waals surface area contributed by atoms with Crippen LogP contribution in [0.5, 0.6) is 0 Å². The maximum absolute atomic E-state index is 11.6. The van der Waals surface area contributed by atoms with Gasteiger partial charge in [-0.25, -0.2) is 0 Å². The second-order valence-electron chi connectivity index (χ2n) is 5.22. The lowest BCUT2D eigenvalue weighted by molar-refractivity contribution is -0.120. The molecule has 4 nitrogen and oxygen atoms in total. The van der Waals surface area contributed by atoms with Crippen molar-refractivity contribution in [3.05, 3.63) is 34.9 Å². The van der Waals surface area contributed by atoms with Crippen molar-refractivity contribution in [1.29, 1.82) is 0 Å². The van der Waals surface area contributed by atoms with Gasteiger partial charge in [-0.2, -0.15) is 0 Å². The molecule has 19 heavy (non-hydrogen) atoms. The lowest BCUT2D eigenvalue weighted by Crippen LogP contribution is -2.37. The SMILES string of the molecule is Cc1ccc(C(NCC2CCCO2)C(N)=O)cc1C. The lowest BCUT2D eigenvalue weighted by Gasteiger charge is -2.19. The van der Waals surface area contributed by atoms with Crippen molar-refractivity contribution in [2.24, 2.45) is 5.73 Å². The molecule has 1 heterocycles. The predicted octanol–water partition coefficient (Wildman–Crippen LogP) is 1.60. The van der Waals surface area contributed by atoms with E-state index in [1.807, 2.05) is 25.1 Å². The molecule has 1 amide bonds. The number of rotatable bonds is 5. The minimum atomic E-state index is -0.441. The summed E-state index contributed by atoms with van der Waals surface area (Å²) in [6.07, 6.45) is 2.34. The Balaban J connectivity index is 2.05. The van der Waals surface area contributed by atoms with Crippen molar-refractivity contribution >= 4 is 5.91 Å². The molecule has 0 bridgehead atoms. The van der Waals surface area contributed by atoms with E-state index in [0.29, 0.717) is 6.54 Å². The van der Waals surface area contributed by atoms with Gasteiger partial charge in [-0.05, 0) is 43.4 Å². The smallest absolute Gasteiger partial charge is 0.239 e. The minimum Gasteiger partial charge on any atom is -0.377 e. The summed E-state index contributed by atoms with van der Waals surface area (Å²) in [5.41, 5.74) is 8.81. The minimum absolute atomic E-state index is 0.202. The number of hydrogen-bond donors (Lipinski definition) is 2. The number of aryl methyl sites for hydroxylation is 2. The molecule has 1 saturated heterocycles. The normalized spacial score (nSPS) is 20.4. The van der Waals surface area contributed by atoms with Gasteiger partial charge < -0.3 is 10.5 Å². The highest BCUT2D eigenvalue weighted by Crippen LogP contribution is 2.18. The first-order valence-electron chi connectivity index (χ1n) is 6.79. The zero-order chi connectivity index (χ0) is 13.8. The summed E-state index contributed by atoms with van der Waals surface area (Å²) in [5, 5.41) is 3.22. The van der Waals surface area contributed by atoms with Gasteiger partial charge in [-0.3, -0.25) is 10.1 Å². The zero-order valence-corrected chi connectivity index (χ0v) is 11.6. The molecule has 1 aromatic carbocycles. The molecule has 2 rings (SSSR count). The summed E-state index contributed by atoms with van der Waals surface area (Å²) >= 11 is 0. The number of benzene rings is 1. The van der Waals surface area contributed by atoms with E-state index in [1.54, 1.807) is 0 Å². The van der Waals surface area contributed by atoms with Gasteiger partial charge in [0.1, 0.15) is 6.04 Å². The molecule has 1 aliphatic heterocycles. The Morgan fingerprint density at radius 3 is 2.84 bits per heavy atom. The van der Waals surface area contributed by atoms with E-state index >= 15 is 0 Å². The number of hydrogen-bond acceptors (Lipinski definition) is 3. The Kier molecular flexibility index (Phi) is 4.56. The molecule has 0 aromatic heterocycles. The Bertz CT molecular complexity index is 453. The number of amides is 1. The maximum Gasteiger partial charge on any atom is 0.239 e. The van der Waals surface area contributed by atoms with Crippen LogP contribution >= 0.6 is 0 Å². The molecule has 2 atom stereocenters. The lowest BCUT2D eigenvalue weighted by atomic mass is 10.0. The van der Waals surface area contributed by atoms with E-state index in [9.17, 15) is 4.79 Å². The van der Waals surface area contributed by atoms with Crippen LogP contribution in [0, 0.1) is 13.8 Å². The third kappa shape index (κ3) is 3.55. The first-order chi connectivity index (χ1) is 9.08. The highest BCUT2D eigenvalue weighted by atomic mass is 16.5. The van der Waals surface area contributed by atoms with Gasteiger partial charge in [0.05, 0.1) is 6.10 Å². The van der Waals surface area contributed by atoms with Crippen LogP contribution in [0.1, 0.15) is 35.6 Å². The summed E-state index contributed by atoms with van der Waals surface area (Å²) in [6, 6.07) is 5.56. The second-order valence-corrected chi connectivity index (χ2v) is 5.22. The van der Waals surface area contributed by atoms with Crippen molar-refractivity contribution in [3.8, 4) is 0 Å². The fourth-order valence-corrected chi connectivity index (χ4v) is 2.38.